The minimum atomic E-state index is -5.94. The third kappa shape index (κ3) is 6.28. The minimum absolute atomic E-state index is 0.108. The van der Waals surface area contributed by atoms with Crippen LogP contribution in [-0.4, -0.2) is 42.0 Å². The van der Waals surface area contributed by atoms with E-state index in [0.29, 0.717) is 0 Å². The van der Waals surface area contributed by atoms with Crippen molar-refractivity contribution in [1.29, 1.82) is 0 Å². The monoisotopic (exact) mass is 348 g/mol. The molecule has 0 spiro atoms. The first-order valence-electron chi connectivity index (χ1n) is 5.93. The summed E-state index contributed by atoms with van der Waals surface area (Å²) in [6, 6.07) is 0. The summed E-state index contributed by atoms with van der Waals surface area (Å²) < 4.78 is 64.3. The van der Waals surface area contributed by atoms with E-state index >= 15 is 0 Å². The Bertz CT molecular complexity index is 563. The summed E-state index contributed by atoms with van der Waals surface area (Å²) in [4.78, 5) is 22.4. The molecule has 0 bridgehead atoms. The highest BCUT2D eigenvalue weighted by Gasteiger charge is 2.53. The van der Waals surface area contributed by atoms with Gasteiger partial charge in [0.1, 0.15) is 5.60 Å². The average Bonchev–Trinajstić information content (AvgIpc) is 2.29. The number of amides is 2. The molecule has 0 aliphatic rings. The van der Waals surface area contributed by atoms with Crippen LogP contribution in [0.1, 0.15) is 34.1 Å². The van der Waals surface area contributed by atoms with Gasteiger partial charge in [-0.25, -0.2) is 14.9 Å². The zero-order chi connectivity index (χ0) is 17.8. The number of alkyl halides is 3. The maximum atomic E-state index is 12.5. The van der Waals surface area contributed by atoms with E-state index in [1.54, 1.807) is 5.32 Å². The predicted octanol–water partition coefficient (Wildman–Crippen LogP) is 0.843. The van der Waals surface area contributed by atoms with E-state index in [2.05, 4.69) is 4.74 Å². The Kier molecular flexibility index (Phi) is 6.36. The third-order valence-corrected chi connectivity index (χ3v) is 3.12. The van der Waals surface area contributed by atoms with Gasteiger partial charge in [-0.1, -0.05) is 6.92 Å². The summed E-state index contributed by atoms with van der Waals surface area (Å²) in [6.07, 6.45) is -1.37. The first kappa shape index (κ1) is 20.1. The summed E-state index contributed by atoms with van der Waals surface area (Å²) in [6.45, 7) is 5.68. The van der Waals surface area contributed by atoms with E-state index in [9.17, 15) is 31.2 Å². The zero-order valence-corrected chi connectivity index (χ0v) is 13.1. The highest BCUT2D eigenvalue weighted by molar-refractivity contribution is 7.86. The third-order valence-electron chi connectivity index (χ3n) is 1.82. The fourth-order valence-electron chi connectivity index (χ4n) is 0.897. The topological polar surface area (TPSA) is 105 Å². The van der Waals surface area contributed by atoms with Crippen LogP contribution < -0.4 is 10.7 Å². The van der Waals surface area contributed by atoms with Crippen molar-refractivity contribution in [1.82, 2.24) is 10.7 Å². The molecule has 128 valence electrons. The molecule has 0 aromatic heterocycles. The molecule has 0 aliphatic heterocycles. The summed E-state index contributed by atoms with van der Waals surface area (Å²) in [7, 11) is -5.94. The van der Waals surface area contributed by atoms with E-state index in [4.69, 9.17) is 0 Å². The zero-order valence-electron chi connectivity index (χ0n) is 12.3. The molecule has 2 amide bonds. The van der Waals surface area contributed by atoms with Crippen LogP contribution in [-0.2, 0) is 19.6 Å². The fraction of sp³-hybridized carbons (Fsp3) is 0.700. The first-order chi connectivity index (χ1) is 9.70. The van der Waals surface area contributed by atoms with Crippen LogP contribution in [0.15, 0.2) is 0 Å². The Hall–Kier alpha value is -1.85. The molecular formula is C10H17F3N3O5S+. The number of sulfonamides is 1. The van der Waals surface area contributed by atoms with Gasteiger partial charge in [0.05, 0.1) is 0 Å². The quantitative estimate of drug-likeness (QED) is 0.339. The first-order valence-corrected chi connectivity index (χ1v) is 7.37. The molecule has 2 N–H and O–H groups in total. The molecule has 0 aromatic rings. The molecular weight excluding hydrogens is 331 g/mol. The second-order valence-corrected chi connectivity index (χ2v) is 6.72. The summed E-state index contributed by atoms with van der Waals surface area (Å²) in [5.74, 6) is -0.756. The lowest BCUT2D eigenvalue weighted by molar-refractivity contribution is -0.429. The van der Waals surface area contributed by atoms with E-state index in [1.807, 2.05) is 0 Å². The molecule has 0 rings (SSSR count). The maximum Gasteiger partial charge on any atom is 0.539 e. The Morgan fingerprint density at radius 3 is 2.09 bits per heavy atom. The van der Waals surface area contributed by atoms with Gasteiger partial charge in [-0.15, -0.1) is 5.43 Å². The highest BCUT2D eigenvalue weighted by Crippen LogP contribution is 2.23. The molecule has 0 radical (unpaired) electrons. The lowest BCUT2D eigenvalue weighted by atomic mass is 10.2. The number of rotatable bonds is 4. The number of carbonyl (C=O) groups excluding carboxylic acids is 2. The van der Waals surface area contributed by atoms with E-state index in [1.165, 1.54) is 33.1 Å². The number of nitrogens with one attached hydrogen (secondary N) is 2. The molecule has 8 nitrogen and oxygen atoms in total. The van der Waals surface area contributed by atoms with E-state index < -0.39 is 37.2 Å². The van der Waals surface area contributed by atoms with Crippen LogP contribution in [0.5, 0.6) is 0 Å². The molecule has 0 saturated heterocycles. The van der Waals surface area contributed by atoms with Crippen molar-refractivity contribution in [2.24, 2.45) is 0 Å². The molecule has 0 unspecified atom stereocenters. The van der Waals surface area contributed by atoms with Crippen molar-refractivity contribution in [3.63, 3.8) is 0 Å². The van der Waals surface area contributed by atoms with Crippen molar-refractivity contribution < 1.29 is 40.0 Å². The number of carbonyl (C=O) groups is 2. The molecule has 0 saturated carbocycles. The fourth-order valence-corrected chi connectivity index (χ4v) is 1.51. The lowest BCUT2D eigenvalue weighted by Crippen LogP contribution is -2.48. The van der Waals surface area contributed by atoms with Crippen LogP contribution in [0.25, 0.3) is 0 Å². The van der Waals surface area contributed by atoms with Crippen molar-refractivity contribution in [2.75, 3.05) is 0 Å². The van der Waals surface area contributed by atoms with Crippen LogP contribution in [0.3, 0.4) is 0 Å². The van der Waals surface area contributed by atoms with Gasteiger partial charge in [-0.05, 0) is 24.9 Å². The Labute approximate surface area is 125 Å². The van der Waals surface area contributed by atoms with Gasteiger partial charge in [0.25, 0.3) is 6.34 Å². The number of hydrogen-bond donors (Lipinski definition) is 2. The van der Waals surface area contributed by atoms with Crippen molar-refractivity contribution in [2.45, 2.75) is 45.2 Å². The number of hydrazone groups is 1. The predicted molar refractivity (Wildman–Crippen MR) is 69.1 cm³/mol. The molecule has 0 heterocycles. The van der Waals surface area contributed by atoms with Gasteiger partial charge in [-0.3, -0.25) is 0 Å². The second kappa shape index (κ2) is 6.94. The number of hydrogen-bond acceptors (Lipinski definition) is 5. The molecule has 0 atom stereocenters. The summed E-state index contributed by atoms with van der Waals surface area (Å²) in [5, 5.41) is 1.79. The van der Waals surface area contributed by atoms with E-state index in [-0.39, 0.29) is 12.8 Å². The largest absolute Gasteiger partial charge is 0.539 e. The Morgan fingerprint density at radius 1 is 1.23 bits per heavy atom. The number of nitrogens with zero attached hydrogens (tertiary/aromatic N) is 1. The number of hydrazine groups is 1. The normalized spacial score (nSPS) is 13.5. The Balaban J connectivity index is 5.47. The molecule has 22 heavy (non-hydrogen) atoms. The smallest absolute Gasteiger partial charge is 0.441 e. The van der Waals surface area contributed by atoms with Gasteiger partial charge in [0.15, 0.2) is 0 Å². The van der Waals surface area contributed by atoms with Gasteiger partial charge in [0.2, 0.25) is 0 Å². The Morgan fingerprint density at radius 2 is 1.73 bits per heavy atom. The molecule has 0 fully saturated rings. The molecule has 0 aromatic carbocycles. The average molecular weight is 348 g/mol. The minimum Gasteiger partial charge on any atom is -0.441 e. The van der Waals surface area contributed by atoms with Gasteiger partial charge >= 0.3 is 27.5 Å². The van der Waals surface area contributed by atoms with Gasteiger partial charge < -0.3 is 4.74 Å². The summed E-state index contributed by atoms with van der Waals surface area (Å²) in [5.41, 5.74) is -5.36. The SMILES string of the molecule is CCC(=O)NC=[N+](NC(=O)OC(C)(C)C)S(=O)(=O)C(F)(F)F. The second-order valence-electron chi connectivity index (χ2n) is 4.91. The van der Waals surface area contributed by atoms with Crippen LogP contribution in [0, 0.1) is 0 Å². The van der Waals surface area contributed by atoms with Crippen molar-refractivity contribution in [3.05, 3.63) is 0 Å². The van der Waals surface area contributed by atoms with Gasteiger partial charge in [0, 0.05) is 6.42 Å². The highest BCUT2D eigenvalue weighted by atomic mass is 32.2. The van der Waals surface area contributed by atoms with E-state index in [0.717, 1.165) is 0 Å². The van der Waals surface area contributed by atoms with Gasteiger partial charge in [-0.2, -0.15) is 21.6 Å². The summed E-state index contributed by atoms with van der Waals surface area (Å²) >= 11 is 0. The molecule has 0 aliphatic carbocycles. The number of ether oxygens (including phenoxy) is 1. The maximum absolute atomic E-state index is 12.5. The molecule has 12 heteroatoms. The van der Waals surface area contributed by atoms with Crippen LogP contribution >= 0.6 is 0 Å². The van der Waals surface area contributed by atoms with Crippen LogP contribution in [0.4, 0.5) is 18.0 Å². The standard InChI is InChI=1S/C10H16F3N3O5S/c1-5-7(17)14-6-16(22(19,20)10(11,12)13)15-8(18)21-9(2,3)4/h6H,5H2,1-4H3,(H,15,18)/p+1. The lowest BCUT2D eigenvalue weighted by Gasteiger charge is -2.19. The van der Waals surface area contributed by atoms with Crippen LogP contribution in [0.2, 0.25) is 0 Å². The van der Waals surface area contributed by atoms with Crippen molar-refractivity contribution in [3.8, 4) is 0 Å². The number of halogens is 3. The van der Waals surface area contributed by atoms with Crippen molar-refractivity contribution >= 4 is 28.4 Å².